The van der Waals surface area contributed by atoms with Gasteiger partial charge in [-0.05, 0) is 50.7 Å². The number of hydrogen-bond acceptors (Lipinski definition) is 5. The van der Waals surface area contributed by atoms with Gasteiger partial charge in [-0.3, -0.25) is 4.79 Å². The van der Waals surface area contributed by atoms with Crippen molar-refractivity contribution in [3.63, 3.8) is 0 Å². The number of likely N-dealkylation sites (N-methyl/N-ethyl adjacent to an activating group) is 1. The van der Waals surface area contributed by atoms with Crippen LogP contribution in [0.15, 0.2) is 30.5 Å². The van der Waals surface area contributed by atoms with Crippen molar-refractivity contribution in [2.45, 2.75) is 34.1 Å². The van der Waals surface area contributed by atoms with E-state index in [0.29, 0.717) is 30.1 Å². The van der Waals surface area contributed by atoms with E-state index in [1.165, 1.54) is 0 Å². The number of benzene rings is 1. The van der Waals surface area contributed by atoms with Crippen LogP contribution in [0.4, 0.5) is 5.69 Å². The van der Waals surface area contributed by atoms with Gasteiger partial charge in [-0.2, -0.15) is 0 Å². The third kappa shape index (κ3) is 5.52. The molecule has 6 nitrogen and oxygen atoms in total. The first-order valence-electron chi connectivity index (χ1n) is 9.16. The van der Waals surface area contributed by atoms with Crippen LogP contribution in [-0.4, -0.2) is 47.0 Å². The molecule has 0 saturated carbocycles. The van der Waals surface area contributed by atoms with Gasteiger partial charge in [0.15, 0.2) is 0 Å². The lowest BCUT2D eigenvalue weighted by atomic mass is 10.1. The molecular weight excluding hydrogens is 328 g/mol. The first-order valence-corrected chi connectivity index (χ1v) is 9.16. The van der Waals surface area contributed by atoms with Crippen LogP contribution >= 0.6 is 0 Å². The zero-order valence-electron chi connectivity index (χ0n) is 16.1. The average Bonchev–Trinajstić information content (AvgIpc) is 2.66. The van der Waals surface area contributed by atoms with Gasteiger partial charge in [0.2, 0.25) is 0 Å². The number of aryl methyl sites for hydroxylation is 2. The Morgan fingerprint density at radius 1 is 1.15 bits per heavy atom. The molecule has 0 radical (unpaired) electrons. The molecule has 1 N–H and O–H groups in total. The zero-order chi connectivity index (χ0) is 18.9. The molecule has 0 unspecified atom stereocenters. The van der Waals surface area contributed by atoms with Crippen molar-refractivity contribution in [1.82, 2.24) is 14.9 Å². The SMILES string of the molecule is CCc1nc(C)ncc1C(=O)Nc1ccc(OCCN(CC)CC)cc1. The predicted molar refractivity (Wildman–Crippen MR) is 104 cm³/mol. The number of carbonyl (C=O) groups excluding carboxylic acids is 1. The van der Waals surface area contributed by atoms with E-state index < -0.39 is 0 Å². The maximum Gasteiger partial charge on any atom is 0.259 e. The molecule has 0 saturated heterocycles. The fraction of sp³-hybridized carbons (Fsp3) is 0.450. The van der Waals surface area contributed by atoms with E-state index in [1.807, 2.05) is 38.1 Å². The number of anilines is 1. The van der Waals surface area contributed by atoms with Gasteiger partial charge in [0.05, 0.1) is 11.3 Å². The van der Waals surface area contributed by atoms with E-state index in [2.05, 4.69) is 34.0 Å². The summed E-state index contributed by atoms with van der Waals surface area (Å²) in [6.07, 6.45) is 2.27. The number of aromatic nitrogens is 2. The van der Waals surface area contributed by atoms with Crippen LogP contribution in [0.2, 0.25) is 0 Å². The predicted octanol–water partition coefficient (Wildman–Crippen LogP) is 3.32. The van der Waals surface area contributed by atoms with Crippen LogP contribution in [0.25, 0.3) is 0 Å². The highest BCUT2D eigenvalue weighted by Gasteiger charge is 2.13. The summed E-state index contributed by atoms with van der Waals surface area (Å²) in [7, 11) is 0. The summed E-state index contributed by atoms with van der Waals surface area (Å²) >= 11 is 0. The second-order valence-corrected chi connectivity index (χ2v) is 5.98. The molecule has 0 atom stereocenters. The molecular formula is C20H28N4O2. The van der Waals surface area contributed by atoms with Crippen LogP contribution in [0.3, 0.4) is 0 Å². The molecule has 1 aromatic heterocycles. The Morgan fingerprint density at radius 2 is 1.85 bits per heavy atom. The lowest BCUT2D eigenvalue weighted by Crippen LogP contribution is -2.27. The molecule has 1 amide bonds. The highest BCUT2D eigenvalue weighted by molar-refractivity contribution is 6.04. The van der Waals surface area contributed by atoms with Crippen molar-refractivity contribution < 1.29 is 9.53 Å². The largest absolute Gasteiger partial charge is 0.492 e. The third-order valence-corrected chi connectivity index (χ3v) is 4.25. The van der Waals surface area contributed by atoms with Gasteiger partial charge >= 0.3 is 0 Å². The Kier molecular flexibility index (Phi) is 7.53. The number of amides is 1. The van der Waals surface area contributed by atoms with Crippen molar-refractivity contribution in [2.75, 3.05) is 31.6 Å². The topological polar surface area (TPSA) is 67.3 Å². The minimum Gasteiger partial charge on any atom is -0.492 e. The van der Waals surface area contributed by atoms with Gasteiger partial charge in [0, 0.05) is 18.4 Å². The number of carbonyl (C=O) groups is 1. The lowest BCUT2D eigenvalue weighted by Gasteiger charge is -2.18. The van der Waals surface area contributed by atoms with E-state index >= 15 is 0 Å². The molecule has 140 valence electrons. The van der Waals surface area contributed by atoms with Gasteiger partial charge in [0.1, 0.15) is 18.2 Å². The normalized spacial score (nSPS) is 10.8. The Balaban J connectivity index is 1.93. The molecule has 0 fully saturated rings. The van der Waals surface area contributed by atoms with Crippen LogP contribution in [0.5, 0.6) is 5.75 Å². The van der Waals surface area contributed by atoms with E-state index in [1.54, 1.807) is 6.20 Å². The van der Waals surface area contributed by atoms with E-state index in [9.17, 15) is 4.79 Å². The molecule has 0 bridgehead atoms. The van der Waals surface area contributed by atoms with Gasteiger partial charge in [-0.15, -0.1) is 0 Å². The molecule has 0 spiro atoms. The molecule has 1 aromatic carbocycles. The van der Waals surface area contributed by atoms with Crippen molar-refractivity contribution in [1.29, 1.82) is 0 Å². The van der Waals surface area contributed by atoms with Crippen molar-refractivity contribution >= 4 is 11.6 Å². The molecule has 6 heteroatoms. The second kappa shape index (κ2) is 9.87. The van der Waals surface area contributed by atoms with Crippen LogP contribution in [0, 0.1) is 6.92 Å². The third-order valence-electron chi connectivity index (χ3n) is 4.25. The summed E-state index contributed by atoms with van der Waals surface area (Å²) in [4.78, 5) is 23.2. The van der Waals surface area contributed by atoms with E-state index in [4.69, 9.17) is 4.74 Å². The smallest absolute Gasteiger partial charge is 0.259 e. The summed E-state index contributed by atoms with van der Waals surface area (Å²) in [6, 6.07) is 7.41. The molecule has 2 rings (SSSR count). The molecule has 0 aliphatic rings. The van der Waals surface area contributed by atoms with Crippen LogP contribution in [-0.2, 0) is 6.42 Å². The Hall–Kier alpha value is -2.47. The first kappa shape index (κ1) is 19.8. The van der Waals surface area contributed by atoms with Gasteiger partial charge < -0.3 is 15.0 Å². The molecule has 0 aliphatic carbocycles. The Morgan fingerprint density at radius 3 is 2.46 bits per heavy atom. The van der Waals surface area contributed by atoms with Crippen molar-refractivity contribution in [3.05, 3.63) is 47.5 Å². The number of nitrogens with zero attached hydrogens (tertiary/aromatic N) is 3. The summed E-state index contributed by atoms with van der Waals surface area (Å²) < 4.78 is 5.76. The monoisotopic (exact) mass is 356 g/mol. The van der Waals surface area contributed by atoms with Crippen molar-refractivity contribution in [3.8, 4) is 5.75 Å². The molecule has 1 heterocycles. The minimum absolute atomic E-state index is 0.197. The second-order valence-electron chi connectivity index (χ2n) is 5.98. The standard InChI is InChI=1S/C20H28N4O2/c1-5-19-18(14-21-15(4)22-19)20(25)23-16-8-10-17(11-9-16)26-13-12-24(6-2)7-3/h8-11,14H,5-7,12-13H2,1-4H3,(H,23,25). The molecule has 26 heavy (non-hydrogen) atoms. The number of hydrogen-bond donors (Lipinski definition) is 1. The average molecular weight is 356 g/mol. The van der Waals surface area contributed by atoms with Crippen LogP contribution in [0.1, 0.15) is 42.6 Å². The van der Waals surface area contributed by atoms with E-state index in [0.717, 1.165) is 31.1 Å². The van der Waals surface area contributed by atoms with Gasteiger partial charge in [-0.1, -0.05) is 20.8 Å². The van der Waals surface area contributed by atoms with Gasteiger partial charge in [0.25, 0.3) is 5.91 Å². The minimum atomic E-state index is -0.197. The highest BCUT2D eigenvalue weighted by atomic mass is 16.5. The number of nitrogens with one attached hydrogen (secondary N) is 1. The number of rotatable bonds is 9. The Labute approximate surface area is 155 Å². The summed E-state index contributed by atoms with van der Waals surface area (Å²) in [5.74, 6) is 1.27. The number of ether oxygens (including phenoxy) is 1. The highest BCUT2D eigenvalue weighted by Crippen LogP contribution is 2.17. The van der Waals surface area contributed by atoms with Gasteiger partial charge in [-0.25, -0.2) is 9.97 Å². The lowest BCUT2D eigenvalue weighted by molar-refractivity contribution is 0.102. The summed E-state index contributed by atoms with van der Waals surface area (Å²) in [6.45, 7) is 11.7. The fourth-order valence-corrected chi connectivity index (χ4v) is 2.64. The summed E-state index contributed by atoms with van der Waals surface area (Å²) in [5.41, 5.74) is 1.98. The van der Waals surface area contributed by atoms with Crippen molar-refractivity contribution in [2.24, 2.45) is 0 Å². The molecule has 2 aromatic rings. The maximum atomic E-state index is 12.5. The zero-order valence-corrected chi connectivity index (χ0v) is 16.1. The van der Waals surface area contributed by atoms with E-state index in [-0.39, 0.29) is 5.91 Å². The maximum absolute atomic E-state index is 12.5. The molecule has 0 aliphatic heterocycles. The quantitative estimate of drug-likeness (QED) is 0.746. The van der Waals surface area contributed by atoms with Crippen LogP contribution < -0.4 is 10.1 Å². The summed E-state index contributed by atoms with van der Waals surface area (Å²) in [5, 5.41) is 2.89. The fourth-order valence-electron chi connectivity index (χ4n) is 2.64. The first-order chi connectivity index (χ1) is 12.6. The Bertz CT molecular complexity index is 712.